The summed E-state index contributed by atoms with van der Waals surface area (Å²) in [7, 11) is 0. The van der Waals surface area contributed by atoms with Crippen molar-refractivity contribution >= 4 is 11.8 Å². The first kappa shape index (κ1) is 15.5. The van der Waals surface area contributed by atoms with Crippen molar-refractivity contribution in [3.63, 3.8) is 0 Å². The predicted molar refractivity (Wildman–Crippen MR) is 82.3 cm³/mol. The SMILES string of the molecule is CC(C)(C)OC(=O)N1CCC[C@@H](Oc2ccc(N)cc2)C1. The van der Waals surface area contributed by atoms with Crippen LogP contribution < -0.4 is 10.5 Å². The van der Waals surface area contributed by atoms with Gasteiger partial charge in [-0.2, -0.15) is 0 Å². The van der Waals surface area contributed by atoms with E-state index in [4.69, 9.17) is 15.2 Å². The van der Waals surface area contributed by atoms with E-state index in [9.17, 15) is 4.79 Å². The van der Waals surface area contributed by atoms with Gasteiger partial charge in [0, 0.05) is 12.2 Å². The zero-order valence-electron chi connectivity index (χ0n) is 13.0. The van der Waals surface area contributed by atoms with Gasteiger partial charge in [0.25, 0.3) is 0 Å². The number of ether oxygens (including phenoxy) is 2. The Kier molecular flexibility index (Phi) is 4.60. The largest absolute Gasteiger partial charge is 0.489 e. The van der Waals surface area contributed by atoms with Gasteiger partial charge in [-0.05, 0) is 57.9 Å². The maximum Gasteiger partial charge on any atom is 0.410 e. The number of amides is 1. The molecule has 21 heavy (non-hydrogen) atoms. The van der Waals surface area contributed by atoms with Crippen LogP contribution in [0.2, 0.25) is 0 Å². The molecule has 0 saturated carbocycles. The molecular weight excluding hydrogens is 268 g/mol. The van der Waals surface area contributed by atoms with Crippen LogP contribution in [-0.2, 0) is 4.74 Å². The topological polar surface area (TPSA) is 64.8 Å². The third kappa shape index (κ3) is 4.85. The number of anilines is 1. The Balaban J connectivity index is 1.91. The van der Waals surface area contributed by atoms with E-state index < -0.39 is 5.60 Å². The van der Waals surface area contributed by atoms with E-state index in [-0.39, 0.29) is 12.2 Å². The van der Waals surface area contributed by atoms with Crippen LogP contribution in [0.3, 0.4) is 0 Å². The Morgan fingerprint density at radius 1 is 1.29 bits per heavy atom. The number of nitrogens with zero attached hydrogens (tertiary/aromatic N) is 1. The first-order chi connectivity index (χ1) is 9.83. The molecule has 0 radical (unpaired) electrons. The van der Waals surface area contributed by atoms with Gasteiger partial charge >= 0.3 is 6.09 Å². The van der Waals surface area contributed by atoms with E-state index in [1.165, 1.54) is 0 Å². The number of carbonyl (C=O) groups is 1. The minimum Gasteiger partial charge on any atom is -0.489 e. The first-order valence-electron chi connectivity index (χ1n) is 7.33. The normalized spacial score (nSPS) is 19.2. The van der Waals surface area contributed by atoms with Gasteiger partial charge in [0.05, 0.1) is 6.54 Å². The maximum atomic E-state index is 12.1. The molecular formula is C16H24N2O3. The van der Waals surface area contributed by atoms with Crippen LogP contribution in [0.4, 0.5) is 10.5 Å². The highest BCUT2D eigenvalue weighted by Crippen LogP contribution is 2.21. The van der Waals surface area contributed by atoms with E-state index >= 15 is 0 Å². The Labute approximate surface area is 126 Å². The monoisotopic (exact) mass is 292 g/mol. The molecule has 0 spiro atoms. The molecule has 5 nitrogen and oxygen atoms in total. The fourth-order valence-electron chi connectivity index (χ4n) is 2.27. The molecule has 0 unspecified atom stereocenters. The number of carbonyl (C=O) groups excluding carboxylic acids is 1. The Bertz CT molecular complexity index is 479. The maximum absolute atomic E-state index is 12.1. The smallest absolute Gasteiger partial charge is 0.410 e. The van der Waals surface area contributed by atoms with Gasteiger partial charge in [0.1, 0.15) is 17.5 Å². The number of benzene rings is 1. The van der Waals surface area contributed by atoms with E-state index in [1.54, 1.807) is 4.90 Å². The number of piperidine rings is 1. The lowest BCUT2D eigenvalue weighted by Gasteiger charge is -2.34. The van der Waals surface area contributed by atoms with Crippen molar-refractivity contribution in [2.24, 2.45) is 0 Å². The van der Waals surface area contributed by atoms with Crippen LogP contribution in [0.5, 0.6) is 5.75 Å². The molecule has 1 amide bonds. The van der Waals surface area contributed by atoms with Crippen LogP contribution >= 0.6 is 0 Å². The quantitative estimate of drug-likeness (QED) is 0.851. The molecule has 1 aliphatic rings. The highest BCUT2D eigenvalue weighted by Gasteiger charge is 2.28. The van der Waals surface area contributed by atoms with Crippen LogP contribution in [0, 0.1) is 0 Å². The Hall–Kier alpha value is -1.91. The lowest BCUT2D eigenvalue weighted by atomic mass is 10.1. The summed E-state index contributed by atoms with van der Waals surface area (Å²) in [5, 5.41) is 0. The summed E-state index contributed by atoms with van der Waals surface area (Å²) in [6.45, 7) is 6.89. The molecule has 2 rings (SSSR count). The van der Waals surface area contributed by atoms with Crippen LogP contribution in [0.15, 0.2) is 24.3 Å². The van der Waals surface area contributed by atoms with Crippen molar-refractivity contribution in [1.29, 1.82) is 0 Å². The van der Waals surface area contributed by atoms with Crippen LogP contribution in [0.25, 0.3) is 0 Å². The van der Waals surface area contributed by atoms with Crippen molar-refractivity contribution < 1.29 is 14.3 Å². The molecule has 1 aliphatic heterocycles. The molecule has 1 aromatic carbocycles. The van der Waals surface area contributed by atoms with Gasteiger partial charge in [-0.25, -0.2) is 4.79 Å². The van der Waals surface area contributed by atoms with E-state index in [1.807, 2.05) is 45.0 Å². The molecule has 1 fully saturated rings. The van der Waals surface area contributed by atoms with Gasteiger partial charge in [0.2, 0.25) is 0 Å². The van der Waals surface area contributed by atoms with E-state index in [0.29, 0.717) is 12.2 Å². The number of likely N-dealkylation sites (tertiary alicyclic amines) is 1. The lowest BCUT2D eigenvalue weighted by molar-refractivity contribution is 0.00776. The summed E-state index contributed by atoms with van der Waals surface area (Å²) in [4.78, 5) is 13.8. The summed E-state index contributed by atoms with van der Waals surface area (Å²) in [6.07, 6.45) is 1.57. The van der Waals surface area contributed by atoms with Crippen LogP contribution in [0.1, 0.15) is 33.6 Å². The molecule has 1 atom stereocenters. The highest BCUT2D eigenvalue weighted by atomic mass is 16.6. The van der Waals surface area contributed by atoms with Crippen molar-refractivity contribution in [2.45, 2.75) is 45.3 Å². The predicted octanol–water partition coefficient (Wildman–Crippen LogP) is 3.05. The minimum absolute atomic E-state index is 0.00473. The first-order valence-corrected chi connectivity index (χ1v) is 7.33. The van der Waals surface area contributed by atoms with Crippen molar-refractivity contribution in [3.8, 4) is 5.75 Å². The van der Waals surface area contributed by atoms with Gasteiger partial charge in [-0.3, -0.25) is 0 Å². The number of rotatable bonds is 2. The molecule has 1 saturated heterocycles. The summed E-state index contributed by atoms with van der Waals surface area (Å²) in [5.41, 5.74) is 5.89. The van der Waals surface area contributed by atoms with Crippen molar-refractivity contribution in [2.75, 3.05) is 18.8 Å². The molecule has 0 bridgehead atoms. The third-order valence-corrected chi connectivity index (χ3v) is 3.21. The fourth-order valence-corrected chi connectivity index (χ4v) is 2.27. The lowest BCUT2D eigenvalue weighted by Crippen LogP contribution is -2.46. The average molecular weight is 292 g/mol. The second kappa shape index (κ2) is 6.24. The van der Waals surface area contributed by atoms with Crippen molar-refractivity contribution in [1.82, 2.24) is 4.90 Å². The van der Waals surface area contributed by atoms with Crippen molar-refractivity contribution in [3.05, 3.63) is 24.3 Å². The summed E-state index contributed by atoms with van der Waals surface area (Å²) < 4.78 is 11.3. The van der Waals surface area contributed by atoms with Gasteiger partial charge in [-0.15, -0.1) is 0 Å². The minimum atomic E-state index is -0.470. The van der Waals surface area contributed by atoms with Gasteiger partial charge < -0.3 is 20.1 Å². The van der Waals surface area contributed by atoms with Crippen LogP contribution in [-0.4, -0.2) is 35.8 Å². The average Bonchev–Trinajstić information content (AvgIpc) is 2.40. The molecule has 0 aliphatic carbocycles. The molecule has 2 N–H and O–H groups in total. The molecule has 116 valence electrons. The summed E-state index contributed by atoms with van der Waals surface area (Å²) in [6, 6.07) is 7.32. The second-order valence-electron chi connectivity index (χ2n) is 6.38. The molecule has 1 aromatic rings. The number of hydrogen-bond donors (Lipinski definition) is 1. The van der Waals surface area contributed by atoms with Gasteiger partial charge in [0.15, 0.2) is 0 Å². The van der Waals surface area contributed by atoms with E-state index in [0.717, 1.165) is 25.1 Å². The number of nitrogen functional groups attached to an aromatic ring is 1. The van der Waals surface area contributed by atoms with Gasteiger partial charge in [-0.1, -0.05) is 0 Å². The molecule has 1 heterocycles. The Morgan fingerprint density at radius 2 is 1.95 bits per heavy atom. The molecule has 5 heteroatoms. The zero-order valence-corrected chi connectivity index (χ0v) is 13.0. The standard InChI is InChI=1S/C16H24N2O3/c1-16(2,3)21-15(19)18-10-4-5-14(11-18)20-13-8-6-12(17)7-9-13/h6-9,14H,4-5,10-11,17H2,1-3H3/t14-/m1/s1. The second-order valence-corrected chi connectivity index (χ2v) is 6.38. The fraction of sp³-hybridized carbons (Fsp3) is 0.562. The Morgan fingerprint density at radius 3 is 2.57 bits per heavy atom. The number of hydrogen-bond acceptors (Lipinski definition) is 4. The third-order valence-electron chi connectivity index (χ3n) is 3.21. The highest BCUT2D eigenvalue weighted by molar-refractivity contribution is 5.68. The van der Waals surface area contributed by atoms with E-state index in [2.05, 4.69) is 0 Å². The molecule has 0 aromatic heterocycles. The zero-order chi connectivity index (χ0) is 15.5. The number of nitrogens with two attached hydrogens (primary N) is 1. The summed E-state index contributed by atoms with van der Waals surface area (Å²) >= 11 is 0. The summed E-state index contributed by atoms with van der Waals surface area (Å²) in [5.74, 6) is 0.778.